The molecule has 1 saturated heterocycles. The molecule has 1 fully saturated rings. The van der Waals surface area contributed by atoms with E-state index in [1.807, 2.05) is 24.3 Å². The fourth-order valence-electron chi connectivity index (χ4n) is 3.14. The van der Waals surface area contributed by atoms with E-state index in [9.17, 15) is 14.4 Å². The summed E-state index contributed by atoms with van der Waals surface area (Å²) in [6.45, 7) is 6.67. The van der Waals surface area contributed by atoms with Gasteiger partial charge in [-0.2, -0.15) is 0 Å². The van der Waals surface area contributed by atoms with Gasteiger partial charge in [0.15, 0.2) is 0 Å². The average molecular weight is 425 g/mol. The van der Waals surface area contributed by atoms with Crippen LogP contribution >= 0.6 is 0 Å². The highest BCUT2D eigenvalue weighted by Gasteiger charge is 2.21. The monoisotopic (exact) mass is 424 g/mol. The molecule has 0 saturated carbocycles. The number of nitrogens with one attached hydrogen (secondary N) is 2. The van der Waals surface area contributed by atoms with Crippen LogP contribution in [-0.4, -0.2) is 42.6 Å². The largest absolute Gasteiger partial charge is 0.456 e. The van der Waals surface area contributed by atoms with Crippen molar-refractivity contribution in [3.05, 3.63) is 59.7 Å². The topological polar surface area (TPSA) is 114 Å². The van der Waals surface area contributed by atoms with E-state index in [4.69, 9.17) is 10.5 Å². The summed E-state index contributed by atoms with van der Waals surface area (Å²) >= 11 is 0. The second-order valence-electron chi connectivity index (χ2n) is 8.43. The number of ether oxygens (including phenoxy) is 1. The molecule has 0 aromatic heterocycles. The van der Waals surface area contributed by atoms with Crippen molar-refractivity contribution in [1.29, 1.82) is 0 Å². The Kier molecular flexibility index (Phi) is 6.60. The van der Waals surface area contributed by atoms with E-state index < -0.39 is 17.6 Å². The second-order valence-corrected chi connectivity index (χ2v) is 8.43. The van der Waals surface area contributed by atoms with E-state index >= 15 is 0 Å². The van der Waals surface area contributed by atoms with E-state index in [1.165, 1.54) is 0 Å². The predicted octanol–water partition coefficient (Wildman–Crippen LogP) is 2.68. The molecule has 1 heterocycles. The average Bonchev–Trinajstić information content (AvgIpc) is 3.13. The van der Waals surface area contributed by atoms with Gasteiger partial charge >= 0.3 is 12.0 Å². The third kappa shape index (κ3) is 6.05. The van der Waals surface area contributed by atoms with Crippen molar-refractivity contribution in [1.82, 2.24) is 5.32 Å². The fraction of sp³-hybridized carbons (Fsp3) is 0.348. The van der Waals surface area contributed by atoms with Gasteiger partial charge in [-0.3, -0.25) is 9.69 Å². The zero-order chi connectivity index (χ0) is 22.6. The Balaban J connectivity index is 1.54. The number of carbonyl (C=O) groups excluding carboxylic acids is 3. The number of carbonyl (C=O) groups is 3. The molecule has 0 aliphatic carbocycles. The van der Waals surface area contributed by atoms with Crippen LogP contribution in [0.15, 0.2) is 48.5 Å². The SMILES string of the molecule is CC(C)(C)OC(=O)c1ccc(NC(=O)[C@@H](N)Cc2ccc(N3CCNC3=O)cc2)cc1. The van der Waals surface area contributed by atoms with Gasteiger partial charge < -0.3 is 21.1 Å². The van der Waals surface area contributed by atoms with Crippen molar-refractivity contribution in [2.45, 2.75) is 38.8 Å². The molecule has 0 bridgehead atoms. The number of hydrogen-bond donors (Lipinski definition) is 3. The number of esters is 1. The van der Waals surface area contributed by atoms with Crippen molar-refractivity contribution in [2.75, 3.05) is 23.3 Å². The summed E-state index contributed by atoms with van der Waals surface area (Å²) < 4.78 is 5.32. The summed E-state index contributed by atoms with van der Waals surface area (Å²) in [5.74, 6) is -0.745. The van der Waals surface area contributed by atoms with Gasteiger partial charge in [0.1, 0.15) is 5.60 Å². The molecule has 2 aromatic carbocycles. The lowest BCUT2D eigenvalue weighted by atomic mass is 10.1. The van der Waals surface area contributed by atoms with Gasteiger partial charge in [-0.1, -0.05) is 12.1 Å². The molecule has 0 radical (unpaired) electrons. The Morgan fingerprint density at radius 1 is 1.13 bits per heavy atom. The van der Waals surface area contributed by atoms with Crippen LogP contribution in [0.5, 0.6) is 0 Å². The highest BCUT2D eigenvalue weighted by atomic mass is 16.6. The van der Waals surface area contributed by atoms with Gasteiger partial charge in [0.2, 0.25) is 5.91 Å². The van der Waals surface area contributed by atoms with Gasteiger partial charge in [0.25, 0.3) is 0 Å². The number of hydrogen-bond acceptors (Lipinski definition) is 5. The number of anilines is 2. The van der Waals surface area contributed by atoms with Crippen LogP contribution in [0.3, 0.4) is 0 Å². The van der Waals surface area contributed by atoms with Gasteiger partial charge in [-0.15, -0.1) is 0 Å². The van der Waals surface area contributed by atoms with Crippen molar-refractivity contribution in [3.63, 3.8) is 0 Å². The Hall–Kier alpha value is -3.39. The van der Waals surface area contributed by atoms with E-state index in [2.05, 4.69) is 10.6 Å². The molecule has 1 aliphatic heterocycles. The lowest BCUT2D eigenvalue weighted by Gasteiger charge is -2.19. The van der Waals surface area contributed by atoms with Crippen LogP contribution in [0.4, 0.5) is 16.2 Å². The minimum Gasteiger partial charge on any atom is -0.456 e. The Morgan fingerprint density at radius 2 is 1.77 bits per heavy atom. The summed E-state index contributed by atoms with van der Waals surface area (Å²) in [6, 6.07) is 13.0. The first-order valence-electron chi connectivity index (χ1n) is 10.2. The Labute approximate surface area is 181 Å². The molecule has 164 valence electrons. The van der Waals surface area contributed by atoms with Crippen LogP contribution in [0, 0.1) is 0 Å². The molecular formula is C23H28N4O4. The normalized spacial score (nSPS) is 14.7. The van der Waals surface area contributed by atoms with Crippen molar-refractivity contribution in [2.24, 2.45) is 5.73 Å². The van der Waals surface area contributed by atoms with Crippen molar-refractivity contribution >= 4 is 29.3 Å². The van der Waals surface area contributed by atoms with Crippen LogP contribution in [0.25, 0.3) is 0 Å². The van der Waals surface area contributed by atoms with Crippen LogP contribution < -0.4 is 21.3 Å². The first-order chi connectivity index (χ1) is 14.6. The van der Waals surface area contributed by atoms with Crippen LogP contribution in [0.2, 0.25) is 0 Å². The summed E-state index contributed by atoms with van der Waals surface area (Å²) in [4.78, 5) is 37.9. The van der Waals surface area contributed by atoms with E-state index in [-0.39, 0.29) is 11.9 Å². The van der Waals surface area contributed by atoms with Gasteiger partial charge in [-0.25, -0.2) is 9.59 Å². The summed E-state index contributed by atoms with van der Waals surface area (Å²) in [5.41, 5.74) is 8.15. The maximum atomic E-state index is 12.5. The highest BCUT2D eigenvalue weighted by Crippen LogP contribution is 2.18. The quantitative estimate of drug-likeness (QED) is 0.617. The molecule has 4 N–H and O–H groups in total. The number of nitrogens with two attached hydrogens (primary N) is 1. The molecule has 8 nitrogen and oxygen atoms in total. The van der Waals surface area contributed by atoms with E-state index in [1.54, 1.807) is 49.9 Å². The minimum absolute atomic E-state index is 0.110. The second kappa shape index (κ2) is 9.18. The maximum absolute atomic E-state index is 12.5. The third-order valence-corrected chi connectivity index (χ3v) is 4.68. The number of urea groups is 1. The maximum Gasteiger partial charge on any atom is 0.338 e. The first-order valence-corrected chi connectivity index (χ1v) is 10.2. The standard InChI is InChI=1S/C23H28N4O4/c1-23(2,3)31-21(29)16-6-8-17(9-7-16)26-20(28)19(24)14-15-4-10-18(11-5-15)27-13-12-25-22(27)30/h4-11,19H,12-14,24H2,1-3H3,(H,25,30)(H,26,28)/t19-/m0/s1. The molecule has 1 atom stereocenters. The predicted molar refractivity (Wildman–Crippen MR) is 119 cm³/mol. The third-order valence-electron chi connectivity index (χ3n) is 4.68. The number of rotatable bonds is 6. The van der Waals surface area contributed by atoms with Gasteiger partial charge in [0.05, 0.1) is 11.6 Å². The van der Waals surface area contributed by atoms with Gasteiger partial charge in [0, 0.05) is 24.5 Å². The van der Waals surface area contributed by atoms with Crippen LogP contribution in [0.1, 0.15) is 36.7 Å². The van der Waals surface area contributed by atoms with Crippen molar-refractivity contribution < 1.29 is 19.1 Å². The molecule has 2 aromatic rings. The zero-order valence-corrected chi connectivity index (χ0v) is 18.0. The van der Waals surface area contributed by atoms with Crippen molar-refractivity contribution in [3.8, 4) is 0 Å². The lowest BCUT2D eigenvalue weighted by Crippen LogP contribution is -2.37. The first kappa shape index (κ1) is 22.3. The molecule has 0 spiro atoms. The van der Waals surface area contributed by atoms with E-state index in [0.717, 1.165) is 11.3 Å². The van der Waals surface area contributed by atoms with Gasteiger partial charge in [-0.05, 0) is 69.2 Å². The number of benzene rings is 2. The van der Waals surface area contributed by atoms with Crippen LogP contribution in [-0.2, 0) is 16.0 Å². The molecule has 3 rings (SSSR count). The summed E-state index contributed by atoms with van der Waals surface area (Å²) in [6.07, 6.45) is 0.355. The molecular weight excluding hydrogens is 396 g/mol. The highest BCUT2D eigenvalue weighted by molar-refractivity contribution is 5.96. The Morgan fingerprint density at radius 3 is 2.32 bits per heavy atom. The smallest absolute Gasteiger partial charge is 0.338 e. The number of amides is 3. The minimum atomic E-state index is -0.744. The summed E-state index contributed by atoms with van der Waals surface area (Å²) in [7, 11) is 0. The molecule has 0 unspecified atom stereocenters. The summed E-state index contributed by atoms with van der Waals surface area (Å²) in [5, 5.41) is 5.52. The Bertz CT molecular complexity index is 949. The molecule has 3 amide bonds. The molecule has 31 heavy (non-hydrogen) atoms. The van der Waals surface area contributed by atoms with E-state index in [0.29, 0.717) is 30.8 Å². The zero-order valence-electron chi connectivity index (χ0n) is 18.0. The fourth-order valence-corrected chi connectivity index (χ4v) is 3.14. The molecule has 1 aliphatic rings. The lowest BCUT2D eigenvalue weighted by molar-refractivity contribution is -0.117. The number of nitrogens with zero attached hydrogens (tertiary/aromatic N) is 1. The molecule has 8 heteroatoms.